The van der Waals surface area contributed by atoms with Gasteiger partial charge in [0.25, 0.3) is 0 Å². The van der Waals surface area contributed by atoms with Crippen LogP contribution in [0.2, 0.25) is 0 Å². The van der Waals surface area contributed by atoms with Crippen molar-refractivity contribution >= 4 is 23.5 Å². The van der Waals surface area contributed by atoms with Gasteiger partial charge >= 0.3 is 12.2 Å². The second kappa shape index (κ2) is 7.32. The van der Waals surface area contributed by atoms with Gasteiger partial charge in [0.2, 0.25) is 5.91 Å². The van der Waals surface area contributed by atoms with Crippen LogP contribution >= 0.6 is 11.6 Å². The molecule has 2 N–H and O–H groups in total. The lowest BCUT2D eigenvalue weighted by Crippen LogP contribution is -2.40. The van der Waals surface area contributed by atoms with E-state index >= 15 is 0 Å². The Balaban J connectivity index is 3.55. The number of halogens is 4. The van der Waals surface area contributed by atoms with E-state index in [0.29, 0.717) is 0 Å². The standard InChI is InChI=1S/C8H12ClF3N2O2/c9-4-2-6(15)14-7(16)13-5-1-3-8(10,11)12/h1-5H2,(H2,13,14,15,16). The maximum atomic E-state index is 11.7. The van der Waals surface area contributed by atoms with Crippen LogP contribution in [0.25, 0.3) is 0 Å². The summed E-state index contributed by atoms with van der Waals surface area (Å²) in [7, 11) is 0. The van der Waals surface area contributed by atoms with Crippen LogP contribution in [0.3, 0.4) is 0 Å². The third kappa shape index (κ3) is 9.57. The zero-order valence-electron chi connectivity index (χ0n) is 8.36. The third-order valence-corrected chi connectivity index (χ3v) is 1.69. The van der Waals surface area contributed by atoms with Gasteiger partial charge < -0.3 is 5.32 Å². The highest BCUT2D eigenvalue weighted by Gasteiger charge is 2.25. The fraction of sp³-hybridized carbons (Fsp3) is 0.750. The van der Waals surface area contributed by atoms with E-state index in [9.17, 15) is 22.8 Å². The van der Waals surface area contributed by atoms with E-state index in [0.717, 1.165) is 0 Å². The van der Waals surface area contributed by atoms with E-state index in [1.807, 2.05) is 5.32 Å². The molecule has 0 heterocycles. The molecule has 0 saturated heterocycles. The number of imide groups is 1. The summed E-state index contributed by atoms with van der Waals surface area (Å²) in [5.41, 5.74) is 0. The Labute approximate surface area is 95.5 Å². The van der Waals surface area contributed by atoms with Crippen molar-refractivity contribution in [3.63, 3.8) is 0 Å². The van der Waals surface area contributed by atoms with E-state index < -0.39 is 24.5 Å². The van der Waals surface area contributed by atoms with Gasteiger partial charge in [0.15, 0.2) is 0 Å². The van der Waals surface area contributed by atoms with Gasteiger partial charge in [-0.05, 0) is 6.42 Å². The first-order valence-electron chi connectivity index (χ1n) is 4.55. The molecule has 0 bridgehead atoms. The van der Waals surface area contributed by atoms with Gasteiger partial charge in [-0.1, -0.05) is 0 Å². The summed E-state index contributed by atoms with van der Waals surface area (Å²) in [6.07, 6.45) is -5.44. The summed E-state index contributed by atoms with van der Waals surface area (Å²) >= 11 is 5.24. The number of carbonyl (C=O) groups excluding carboxylic acids is 2. The van der Waals surface area contributed by atoms with E-state index in [1.54, 1.807) is 0 Å². The molecule has 0 aliphatic rings. The lowest BCUT2D eigenvalue weighted by atomic mass is 10.3. The SMILES string of the molecule is O=C(CCCl)NC(=O)NCCCC(F)(F)F. The van der Waals surface area contributed by atoms with Crippen molar-refractivity contribution in [2.45, 2.75) is 25.4 Å². The Kier molecular flexibility index (Phi) is 6.87. The van der Waals surface area contributed by atoms with Gasteiger partial charge in [0.1, 0.15) is 0 Å². The van der Waals surface area contributed by atoms with Gasteiger partial charge in [-0.25, -0.2) is 4.79 Å². The number of amides is 3. The molecule has 3 amide bonds. The molecular formula is C8H12ClF3N2O2. The average Bonchev–Trinajstić information content (AvgIpc) is 2.11. The summed E-state index contributed by atoms with van der Waals surface area (Å²) < 4.78 is 35.1. The Morgan fingerprint density at radius 2 is 1.88 bits per heavy atom. The predicted octanol–water partition coefficient (Wildman–Crippen LogP) is 1.78. The third-order valence-electron chi connectivity index (χ3n) is 1.50. The van der Waals surface area contributed by atoms with Crippen LogP contribution in [0.5, 0.6) is 0 Å². The largest absolute Gasteiger partial charge is 0.389 e. The molecule has 0 aromatic carbocycles. The number of rotatable bonds is 5. The van der Waals surface area contributed by atoms with Gasteiger partial charge in [-0.15, -0.1) is 11.6 Å². The van der Waals surface area contributed by atoms with E-state index in [1.165, 1.54) is 0 Å². The Morgan fingerprint density at radius 1 is 1.25 bits per heavy atom. The molecule has 0 atom stereocenters. The number of urea groups is 1. The molecule has 4 nitrogen and oxygen atoms in total. The molecule has 0 aromatic rings. The molecule has 0 radical (unpaired) electrons. The fourth-order valence-electron chi connectivity index (χ4n) is 0.810. The fourth-order valence-corrected chi connectivity index (χ4v) is 0.982. The van der Waals surface area contributed by atoms with Crippen molar-refractivity contribution in [3.05, 3.63) is 0 Å². The summed E-state index contributed by atoms with van der Waals surface area (Å²) in [6, 6.07) is -0.808. The molecule has 0 fully saturated rings. The molecule has 0 aliphatic carbocycles. The molecule has 0 aliphatic heterocycles. The first-order chi connectivity index (χ1) is 7.35. The smallest absolute Gasteiger partial charge is 0.338 e. The summed E-state index contributed by atoms with van der Waals surface area (Å²) in [5.74, 6) is -0.490. The molecule has 0 rings (SSSR count). The van der Waals surface area contributed by atoms with Crippen LogP contribution in [0.1, 0.15) is 19.3 Å². The molecule has 0 unspecified atom stereocenters. The average molecular weight is 261 g/mol. The summed E-state index contributed by atoms with van der Waals surface area (Å²) in [6.45, 7) is -0.139. The van der Waals surface area contributed by atoms with Crippen LogP contribution in [0, 0.1) is 0 Å². The molecule has 8 heteroatoms. The minimum Gasteiger partial charge on any atom is -0.338 e. The monoisotopic (exact) mass is 260 g/mol. The van der Waals surface area contributed by atoms with Crippen molar-refractivity contribution in [1.82, 2.24) is 10.6 Å². The van der Waals surface area contributed by atoms with Crippen molar-refractivity contribution in [3.8, 4) is 0 Å². The second-order valence-corrected chi connectivity index (χ2v) is 3.34. The van der Waals surface area contributed by atoms with Gasteiger partial charge in [-0.2, -0.15) is 13.2 Å². The lowest BCUT2D eigenvalue weighted by molar-refractivity contribution is -0.135. The number of nitrogens with one attached hydrogen (secondary N) is 2. The molecule has 0 aromatic heterocycles. The van der Waals surface area contributed by atoms with Gasteiger partial charge in [0.05, 0.1) is 0 Å². The zero-order valence-corrected chi connectivity index (χ0v) is 9.12. The molecule has 0 saturated carbocycles. The maximum Gasteiger partial charge on any atom is 0.389 e. The first kappa shape index (κ1) is 15.0. The highest BCUT2D eigenvalue weighted by Crippen LogP contribution is 2.20. The number of hydrogen-bond donors (Lipinski definition) is 2. The van der Waals surface area contributed by atoms with Crippen LogP contribution in [-0.4, -0.2) is 30.5 Å². The van der Waals surface area contributed by atoms with Gasteiger partial charge in [-0.3, -0.25) is 10.1 Å². The van der Waals surface area contributed by atoms with Crippen LogP contribution in [0.4, 0.5) is 18.0 Å². The van der Waals surface area contributed by atoms with Crippen molar-refractivity contribution in [2.24, 2.45) is 0 Å². The maximum absolute atomic E-state index is 11.7. The van der Waals surface area contributed by atoms with Crippen molar-refractivity contribution in [1.29, 1.82) is 0 Å². The number of alkyl halides is 4. The van der Waals surface area contributed by atoms with E-state index in [4.69, 9.17) is 11.6 Å². The quantitative estimate of drug-likeness (QED) is 0.585. The number of hydrogen-bond acceptors (Lipinski definition) is 2. The minimum atomic E-state index is -4.23. The Bertz CT molecular complexity index is 246. The highest BCUT2D eigenvalue weighted by atomic mass is 35.5. The molecule has 94 valence electrons. The van der Waals surface area contributed by atoms with Crippen molar-refractivity contribution in [2.75, 3.05) is 12.4 Å². The van der Waals surface area contributed by atoms with Crippen LogP contribution < -0.4 is 10.6 Å². The minimum absolute atomic E-state index is 0.0163. The molecule has 16 heavy (non-hydrogen) atoms. The van der Waals surface area contributed by atoms with Crippen LogP contribution in [-0.2, 0) is 4.79 Å². The van der Waals surface area contributed by atoms with Crippen LogP contribution in [0.15, 0.2) is 0 Å². The van der Waals surface area contributed by atoms with Gasteiger partial charge in [0, 0.05) is 25.3 Å². The molecular weight excluding hydrogens is 249 g/mol. The topological polar surface area (TPSA) is 58.2 Å². The highest BCUT2D eigenvalue weighted by molar-refractivity contribution is 6.19. The van der Waals surface area contributed by atoms with E-state index in [-0.39, 0.29) is 25.3 Å². The normalized spacial score (nSPS) is 11.0. The Morgan fingerprint density at radius 3 is 2.38 bits per heavy atom. The summed E-state index contributed by atoms with van der Waals surface area (Å²) in [4.78, 5) is 21.7. The number of carbonyl (C=O) groups is 2. The predicted molar refractivity (Wildman–Crippen MR) is 52.2 cm³/mol. The van der Waals surface area contributed by atoms with E-state index in [2.05, 4.69) is 5.32 Å². The Hall–Kier alpha value is -0.980. The summed E-state index contributed by atoms with van der Waals surface area (Å²) in [5, 5.41) is 4.05. The lowest BCUT2D eigenvalue weighted by Gasteiger charge is -2.07. The molecule has 0 spiro atoms. The van der Waals surface area contributed by atoms with Crippen molar-refractivity contribution < 1.29 is 22.8 Å². The first-order valence-corrected chi connectivity index (χ1v) is 5.09. The second-order valence-electron chi connectivity index (χ2n) is 2.96. The zero-order chi connectivity index (χ0) is 12.6.